The first kappa shape index (κ1) is 30.9. The molecular weight excluding hydrogens is 679 g/mol. The number of aromatic nitrogens is 3. The molecule has 0 spiro atoms. The maximum atomic E-state index is 5.29. The van der Waals surface area contributed by atoms with Crippen molar-refractivity contribution in [1.82, 2.24) is 15.0 Å². The Kier molecular flexibility index (Phi) is 6.63. The predicted octanol–water partition coefficient (Wildman–Crippen LogP) is 14.1. The number of para-hydroxylation sites is 1. The lowest BCUT2D eigenvalue weighted by Crippen LogP contribution is -1.91. The van der Waals surface area contributed by atoms with Crippen molar-refractivity contribution in [2.75, 3.05) is 0 Å². The highest BCUT2D eigenvalue weighted by molar-refractivity contribution is 6.27. The number of hydrogen-bond donors (Lipinski definition) is 0. The molecule has 12 rings (SSSR count). The average molecular weight is 710 g/mol. The molecule has 12 aromatic rings. The molecule has 0 aliphatic heterocycles. The summed E-state index contributed by atoms with van der Waals surface area (Å²) in [6.45, 7) is 0. The van der Waals surface area contributed by atoms with E-state index in [0.29, 0.717) is 0 Å². The van der Waals surface area contributed by atoms with Crippen molar-refractivity contribution in [3.63, 3.8) is 0 Å². The van der Waals surface area contributed by atoms with Crippen LogP contribution in [0.4, 0.5) is 0 Å². The van der Waals surface area contributed by atoms with Gasteiger partial charge in [-0.2, -0.15) is 0 Å². The molecule has 3 aromatic heterocycles. The third-order valence-corrected chi connectivity index (χ3v) is 11.7. The molecule has 0 unspecified atom stereocenters. The molecule has 0 fully saturated rings. The second-order valence-electron chi connectivity index (χ2n) is 14.7. The molecule has 0 radical (unpaired) electrons. The molecule has 0 saturated heterocycles. The van der Waals surface area contributed by atoms with E-state index in [1.54, 1.807) is 0 Å². The van der Waals surface area contributed by atoms with E-state index in [0.717, 1.165) is 44.1 Å². The van der Waals surface area contributed by atoms with Crippen LogP contribution in [0.3, 0.4) is 0 Å². The van der Waals surface area contributed by atoms with Gasteiger partial charge in [0, 0.05) is 44.9 Å². The topological polar surface area (TPSA) is 38.7 Å². The summed E-state index contributed by atoms with van der Waals surface area (Å²) in [5.74, 6) is 0. The largest absolute Gasteiger partial charge is 0.254 e. The molecular formula is C53H31N3. The highest BCUT2D eigenvalue weighted by atomic mass is 14.7. The van der Waals surface area contributed by atoms with Crippen LogP contribution in [0, 0.1) is 0 Å². The molecule has 258 valence electrons. The van der Waals surface area contributed by atoms with Crippen LogP contribution in [0.5, 0.6) is 0 Å². The fourth-order valence-corrected chi connectivity index (χ4v) is 9.11. The first-order valence-electron chi connectivity index (χ1n) is 19.1. The lowest BCUT2D eigenvalue weighted by atomic mass is 9.89. The standard InChI is InChI=1S/C53H31N3/c1-2-14-38-32(10-1)20-25-45-50(38)44-17-5-6-19-49(44)56-51(45)36-12-7-11-33(28-36)34-21-23-41-42-24-22-35(30-48(42)40-16-4-3-15-39(40)47(41)29-34)46-31-37-13-8-26-54-52(37)53-43(46)18-9-27-55-53/h1-31H. The second-order valence-corrected chi connectivity index (χ2v) is 14.7. The zero-order valence-electron chi connectivity index (χ0n) is 30.2. The van der Waals surface area contributed by atoms with Crippen LogP contribution in [0.25, 0.3) is 120 Å². The minimum atomic E-state index is 0.929. The fraction of sp³-hybridized carbons (Fsp3) is 0. The molecule has 3 heteroatoms. The molecule has 9 aromatic carbocycles. The van der Waals surface area contributed by atoms with Gasteiger partial charge in [-0.15, -0.1) is 0 Å². The lowest BCUT2D eigenvalue weighted by molar-refractivity contribution is 1.37. The van der Waals surface area contributed by atoms with Gasteiger partial charge in [0.15, 0.2) is 0 Å². The molecule has 0 amide bonds. The Morgan fingerprint density at radius 1 is 0.304 bits per heavy atom. The Morgan fingerprint density at radius 3 is 1.73 bits per heavy atom. The minimum absolute atomic E-state index is 0.929. The monoisotopic (exact) mass is 709 g/mol. The summed E-state index contributed by atoms with van der Waals surface area (Å²) in [5.41, 5.74) is 9.66. The van der Waals surface area contributed by atoms with Crippen molar-refractivity contribution < 1.29 is 0 Å². The van der Waals surface area contributed by atoms with E-state index in [1.165, 1.54) is 75.9 Å². The Labute approximate surface area is 322 Å². The Hall–Kier alpha value is -7.49. The maximum Gasteiger partial charge on any atom is 0.0970 e. The number of pyridine rings is 3. The van der Waals surface area contributed by atoms with Crippen LogP contribution in [-0.4, -0.2) is 15.0 Å². The maximum absolute atomic E-state index is 5.29. The van der Waals surface area contributed by atoms with Crippen molar-refractivity contribution >= 4 is 86.6 Å². The van der Waals surface area contributed by atoms with E-state index in [1.807, 2.05) is 24.5 Å². The van der Waals surface area contributed by atoms with Crippen LogP contribution >= 0.6 is 0 Å². The van der Waals surface area contributed by atoms with E-state index in [4.69, 9.17) is 9.97 Å². The quantitative estimate of drug-likeness (QED) is 0.171. The van der Waals surface area contributed by atoms with Gasteiger partial charge in [0.05, 0.1) is 22.2 Å². The Balaban J connectivity index is 1.03. The molecule has 0 saturated carbocycles. The van der Waals surface area contributed by atoms with Gasteiger partial charge in [0.1, 0.15) is 0 Å². The van der Waals surface area contributed by atoms with Crippen molar-refractivity contribution in [1.29, 1.82) is 0 Å². The normalized spacial score (nSPS) is 11.9. The third kappa shape index (κ3) is 4.61. The summed E-state index contributed by atoms with van der Waals surface area (Å²) >= 11 is 0. The Bertz CT molecular complexity index is 3570. The fourth-order valence-electron chi connectivity index (χ4n) is 9.11. The van der Waals surface area contributed by atoms with E-state index < -0.39 is 0 Å². The zero-order chi connectivity index (χ0) is 36.7. The highest BCUT2D eigenvalue weighted by Crippen LogP contribution is 2.42. The highest BCUT2D eigenvalue weighted by Gasteiger charge is 2.16. The van der Waals surface area contributed by atoms with Crippen LogP contribution in [0.15, 0.2) is 188 Å². The van der Waals surface area contributed by atoms with E-state index in [-0.39, 0.29) is 0 Å². The number of nitrogens with zero attached hydrogens (tertiary/aromatic N) is 3. The van der Waals surface area contributed by atoms with Gasteiger partial charge in [0.2, 0.25) is 0 Å². The molecule has 0 bridgehead atoms. The lowest BCUT2D eigenvalue weighted by Gasteiger charge is -2.15. The van der Waals surface area contributed by atoms with Gasteiger partial charge < -0.3 is 0 Å². The van der Waals surface area contributed by atoms with Gasteiger partial charge in [-0.3, -0.25) is 9.97 Å². The van der Waals surface area contributed by atoms with Crippen LogP contribution in [0.2, 0.25) is 0 Å². The van der Waals surface area contributed by atoms with Gasteiger partial charge in [-0.1, -0.05) is 133 Å². The number of rotatable bonds is 3. The number of fused-ring (bicyclic) bond motifs is 14. The summed E-state index contributed by atoms with van der Waals surface area (Å²) in [7, 11) is 0. The van der Waals surface area contributed by atoms with Crippen molar-refractivity contribution in [3.8, 4) is 33.5 Å². The SMILES string of the molecule is c1cc(-c2ccc3c4ccc(-c5cc6cccnc6c6ncccc56)cc4c4ccccc4c3c2)cc(-c2nc3ccccc3c3c2ccc2ccccc23)c1. The predicted molar refractivity (Wildman–Crippen MR) is 236 cm³/mol. The molecule has 3 heterocycles. The first-order valence-corrected chi connectivity index (χ1v) is 19.1. The zero-order valence-corrected chi connectivity index (χ0v) is 30.2. The van der Waals surface area contributed by atoms with Gasteiger partial charge >= 0.3 is 0 Å². The average Bonchev–Trinajstić information content (AvgIpc) is 3.28. The van der Waals surface area contributed by atoms with Crippen molar-refractivity contribution in [3.05, 3.63) is 188 Å². The van der Waals surface area contributed by atoms with Gasteiger partial charge in [0.25, 0.3) is 0 Å². The summed E-state index contributed by atoms with van der Waals surface area (Å²) in [6, 6.07) is 63.8. The van der Waals surface area contributed by atoms with Crippen molar-refractivity contribution in [2.24, 2.45) is 0 Å². The molecule has 0 N–H and O–H groups in total. The number of benzene rings is 9. The van der Waals surface area contributed by atoms with Crippen LogP contribution in [-0.2, 0) is 0 Å². The first-order chi connectivity index (χ1) is 27.8. The van der Waals surface area contributed by atoms with Crippen LogP contribution in [0.1, 0.15) is 0 Å². The third-order valence-electron chi connectivity index (χ3n) is 11.7. The molecule has 0 atom stereocenters. The van der Waals surface area contributed by atoms with E-state index >= 15 is 0 Å². The molecule has 3 nitrogen and oxygen atoms in total. The molecule has 56 heavy (non-hydrogen) atoms. The second kappa shape index (κ2) is 12.0. The Morgan fingerprint density at radius 2 is 0.893 bits per heavy atom. The van der Waals surface area contributed by atoms with Crippen LogP contribution < -0.4 is 0 Å². The van der Waals surface area contributed by atoms with E-state index in [9.17, 15) is 0 Å². The minimum Gasteiger partial charge on any atom is -0.254 e. The summed E-state index contributed by atoms with van der Waals surface area (Å²) in [6.07, 6.45) is 3.70. The van der Waals surface area contributed by atoms with Crippen molar-refractivity contribution in [2.45, 2.75) is 0 Å². The smallest absolute Gasteiger partial charge is 0.0970 e. The van der Waals surface area contributed by atoms with Gasteiger partial charge in [-0.25, -0.2) is 4.98 Å². The number of hydrogen-bond acceptors (Lipinski definition) is 3. The molecule has 0 aliphatic carbocycles. The van der Waals surface area contributed by atoms with E-state index in [2.05, 4.69) is 169 Å². The summed E-state index contributed by atoms with van der Waals surface area (Å²) < 4.78 is 0. The van der Waals surface area contributed by atoms with Gasteiger partial charge in [-0.05, 0) is 108 Å². The summed E-state index contributed by atoms with van der Waals surface area (Å²) in [5, 5.41) is 15.7. The molecule has 0 aliphatic rings. The summed E-state index contributed by atoms with van der Waals surface area (Å²) in [4.78, 5) is 14.8.